The van der Waals surface area contributed by atoms with Gasteiger partial charge in [0.2, 0.25) is 6.79 Å². The van der Waals surface area contributed by atoms with Crippen molar-refractivity contribution in [3.05, 3.63) is 63.8 Å². The van der Waals surface area contributed by atoms with Crippen molar-refractivity contribution in [1.82, 2.24) is 9.88 Å². The third-order valence-electron chi connectivity index (χ3n) is 5.52. The lowest BCUT2D eigenvalue weighted by molar-refractivity contribution is 0.0696. The third-order valence-corrected chi connectivity index (χ3v) is 5.81. The lowest BCUT2D eigenvalue weighted by atomic mass is 9.92. The number of carboxylic acids is 1. The molecule has 3 heterocycles. The number of nitrogens with zero attached hydrogens (tertiary/aromatic N) is 2. The largest absolute Gasteiger partial charge is 0.478 e. The van der Waals surface area contributed by atoms with Crippen LogP contribution in [0.3, 0.4) is 0 Å². The van der Waals surface area contributed by atoms with E-state index in [-0.39, 0.29) is 6.79 Å². The molecule has 0 amide bonds. The standard InChI is InChI=1S/C23H19ClN2O4/c1-2-26-10-14(7-13-8-17(24)22-19(9-13)29-12-30-22)21-16(11-26)20(23(27)28)15-5-3-4-6-18(15)25-21/h3-9H,2,10-12H2,1H3,(H,27,28)/b14-7+. The molecule has 0 saturated heterocycles. The van der Waals surface area contributed by atoms with Gasteiger partial charge in [-0.1, -0.05) is 36.7 Å². The molecule has 2 aromatic carbocycles. The Labute approximate surface area is 178 Å². The van der Waals surface area contributed by atoms with Crippen LogP contribution in [0.4, 0.5) is 0 Å². The van der Waals surface area contributed by atoms with Crippen molar-refractivity contribution in [3.63, 3.8) is 0 Å². The number of fused-ring (bicyclic) bond motifs is 3. The molecule has 5 rings (SSSR count). The summed E-state index contributed by atoms with van der Waals surface area (Å²) >= 11 is 6.36. The van der Waals surface area contributed by atoms with Gasteiger partial charge in [0.15, 0.2) is 11.5 Å². The van der Waals surface area contributed by atoms with Crippen molar-refractivity contribution in [3.8, 4) is 11.5 Å². The van der Waals surface area contributed by atoms with Gasteiger partial charge in [-0.05, 0) is 42.0 Å². The fraction of sp³-hybridized carbons (Fsp3) is 0.217. The summed E-state index contributed by atoms with van der Waals surface area (Å²) in [5, 5.41) is 11.1. The van der Waals surface area contributed by atoms with Gasteiger partial charge in [0, 0.05) is 24.0 Å². The maximum atomic E-state index is 12.2. The molecule has 1 N–H and O–H groups in total. The van der Waals surface area contributed by atoms with E-state index in [1.54, 1.807) is 0 Å². The van der Waals surface area contributed by atoms with E-state index in [0.29, 0.717) is 46.1 Å². The van der Waals surface area contributed by atoms with E-state index in [1.807, 2.05) is 42.5 Å². The van der Waals surface area contributed by atoms with Crippen LogP contribution >= 0.6 is 11.6 Å². The number of halogens is 1. The molecule has 1 aromatic heterocycles. The molecule has 0 saturated carbocycles. The summed E-state index contributed by atoms with van der Waals surface area (Å²) < 4.78 is 10.9. The van der Waals surface area contributed by atoms with Gasteiger partial charge in [0.1, 0.15) is 0 Å². The van der Waals surface area contributed by atoms with Crippen LogP contribution in [0.25, 0.3) is 22.6 Å². The molecular formula is C23H19ClN2O4. The van der Waals surface area contributed by atoms with Crippen LogP contribution < -0.4 is 9.47 Å². The summed E-state index contributed by atoms with van der Waals surface area (Å²) in [4.78, 5) is 19.3. The van der Waals surface area contributed by atoms with E-state index < -0.39 is 5.97 Å². The van der Waals surface area contributed by atoms with Gasteiger partial charge in [0.25, 0.3) is 0 Å². The summed E-state index contributed by atoms with van der Waals surface area (Å²) in [5.74, 6) is 0.221. The molecule has 0 fully saturated rings. The second-order valence-electron chi connectivity index (χ2n) is 7.35. The Hall–Kier alpha value is -3.09. The number of aromatic nitrogens is 1. The van der Waals surface area contributed by atoms with Gasteiger partial charge < -0.3 is 14.6 Å². The Bertz CT molecular complexity index is 1220. The van der Waals surface area contributed by atoms with Crippen molar-refractivity contribution in [2.75, 3.05) is 19.9 Å². The Morgan fingerprint density at radius 2 is 2.10 bits per heavy atom. The lowest BCUT2D eigenvalue weighted by Crippen LogP contribution is -2.31. The zero-order valence-corrected chi connectivity index (χ0v) is 17.1. The van der Waals surface area contributed by atoms with Gasteiger partial charge in [-0.25, -0.2) is 9.78 Å². The van der Waals surface area contributed by atoms with Crippen LogP contribution in [0, 0.1) is 0 Å². The Morgan fingerprint density at radius 3 is 2.90 bits per heavy atom. The molecule has 0 aliphatic carbocycles. The highest BCUT2D eigenvalue weighted by molar-refractivity contribution is 6.32. The number of benzene rings is 2. The SMILES string of the molecule is CCN1C/C(=C\c2cc(Cl)c3c(c2)OCO3)c2nc3ccccc3c(C(=O)O)c2C1. The molecule has 152 valence electrons. The van der Waals surface area contributed by atoms with Crippen LogP contribution in [0.1, 0.15) is 34.1 Å². The smallest absolute Gasteiger partial charge is 0.336 e. The van der Waals surface area contributed by atoms with E-state index in [4.69, 9.17) is 26.1 Å². The maximum Gasteiger partial charge on any atom is 0.336 e. The minimum Gasteiger partial charge on any atom is -0.478 e. The Kier molecular flexibility index (Phi) is 4.60. The molecule has 0 radical (unpaired) electrons. The summed E-state index contributed by atoms with van der Waals surface area (Å²) in [6.45, 7) is 4.22. The number of likely N-dealkylation sites (N-methyl/N-ethyl adjacent to an activating group) is 1. The van der Waals surface area contributed by atoms with E-state index in [1.165, 1.54) is 0 Å². The number of pyridine rings is 1. The van der Waals surface area contributed by atoms with Gasteiger partial charge >= 0.3 is 5.97 Å². The summed E-state index contributed by atoms with van der Waals surface area (Å²) in [7, 11) is 0. The number of hydrogen-bond acceptors (Lipinski definition) is 5. The average Bonchev–Trinajstić information content (AvgIpc) is 3.21. The summed E-state index contributed by atoms with van der Waals surface area (Å²) in [5.41, 5.74) is 4.27. The zero-order chi connectivity index (χ0) is 20.8. The topological polar surface area (TPSA) is 71.9 Å². The fourth-order valence-corrected chi connectivity index (χ4v) is 4.39. The lowest BCUT2D eigenvalue weighted by Gasteiger charge is -2.30. The minimum atomic E-state index is -0.937. The molecule has 0 unspecified atom stereocenters. The predicted octanol–water partition coefficient (Wildman–Crippen LogP) is 4.69. The van der Waals surface area contributed by atoms with Crippen LogP contribution in [0.2, 0.25) is 5.02 Å². The second-order valence-corrected chi connectivity index (χ2v) is 7.75. The number of rotatable bonds is 3. The second kappa shape index (κ2) is 7.31. The number of para-hydroxylation sites is 1. The number of hydrogen-bond donors (Lipinski definition) is 1. The van der Waals surface area contributed by atoms with E-state index in [0.717, 1.165) is 28.9 Å². The quantitative estimate of drug-likeness (QED) is 0.660. The fourth-order valence-electron chi connectivity index (χ4n) is 4.12. The molecule has 6 nitrogen and oxygen atoms in total. The van der Waals surface area contributed by atoms with Crippen LogP contribution in [0.15, 0.2) is 36.4 Å². The Morgan fingerprint density at radius 1 is 1.27 bits per heavy atom. The van der Waals surface area contributed by atoms with E-state index >= 15 is 0 Å². The summed E-state index contributed by atoms with van der Waals surface area (Å²) in [6.07, 6.45) is 2.00. The predicted molar refractivity (Wildman–Crippen MR) is 115 cm³/mol. The number of aromatic carboxylic acids is 1. The zero-order valence-electron chi connectivity index (χ0n) is 16.3. The van der Waals surface area contributed by atoms with Crippen LogP contribution in [-0.2, 0) is 6.54 Å². The molecule has 30 heavy (non-hydrogen) atoms. The first-order valence-corrected chi connectivity index (χ1v) is 10.1. The summed E-state index contributed by atoms with van der Waals surface area (Å²) in [6, 6.07) is 11.1. The highest BCUT2D eigenvalue weighted by Crippen LogP contribution is 2.41. The van der Waals surface area contributed by atoms with Gasteiger partial charge in [0.05, 0.1) is 21.8 Å². The first-order valence-electron chi connectivity index (χ1n) is 9.72. The van der Waals surface area contributed by atoms with Gasteiger partial charge in [-0.15, -0.1) is 0 Å². The first-order chi connectivity index (χ1) is 14.5. The minimum absolute atomic E-state index is 0.150. The number of carboxylic acid groups (broad SMARTS) is 1. The molecule has 7 heteroatoms. The van der Waals surface area contributed by atoms with Crippen LogP contribution in [-0.4, -0.2) is 40.8 Å². The van der Waals surface area contributed by atoms with Crippen molar-refractivity contribution in [1.29, 1.82) is 0 Å². The van der Waals surface area contributed by atoms with Crippen molar-refractivity contribution >= 4 is 40.1 Å². The molecule has 0 bridgehead atoms. The number of ether oxygens (including phenoxy) is 2. The maximum absolute atomic E-state index is 12.2. The monoisotopic (exact) mass is 422 g/mol. The van der Waals surface area contributed by atoms with E-state index in [9.17, 15) is 9.90 Å². The average molecular weight is 423 g/mol. The molecule has 0 atom stereocenters. The van der Waals surface area contributed by atoms with Crippen molar-refractivity contribution in [2.45, 2.75) is 13.5 Å². The van der Waals surface area contributed by atoms with E-state index in [2.05, 4.69) is 11.8 Å². The van der Waals surface area contributed by atoms with Crippen molar-refractivity contribution in [2.24, 2.45) is 0 Å². The van der Waals surface area contributed by atoms with Crippen molar-refractivity contribution < 1.29 is 19.4 Å². The molecule has 2 aliphatic rings. The molecule has 3 aromatic rings. The molecule has 2 aliphatic heterocycles. The Balaban J connectivity index is 1.73. The van der Waals surface area contributed by atoms with Gasteiger partial charge in [-0.3, -0.25) is 4.90 Å². The molecule has 0 spiro atoms. The first kappa shape index (κ1) is 18.9. The molecular weight excluding hydrogens is 404 g/mol. The van der Waals surface area contributed by atoms with Gasteiger partial charge in [-0.2, -0.15) is 0 Å². The third kappa shape index (κ3) is 3.09. The number of carbonyl (C=O) groups is 1. The highest BCUT2D eigenvalue weighted by atomic mass is 35.5. The van der Waals surface area contributed by atoms with Crippen LogP contribution in [0.5, 0.6) is 11.5 Å². The highest BCUT2D eigenvalue weighted by Gasteiger charge is 2.28. The normalized spacial score (nSPS) is 16.8.